The van der Waals surface area contributed by atoms with Crippen LogP contribution in [0.1, 0.15) is 24.2 Å². The summed E-state index contributed by atoms with van der Waals surface area (Å²) < 4.78 is 5.13. The summed E-state index contributed by atoms with van der Waals surface area (Å²) in [6, 6.07) is 14.3. The molecule has 0 aliphatic rings. The SMILES string of the molecule is COc1ccc(CN[C@@H](C)c2ccccn2)cc1. The summed E-state index contributed by atoms with van der Waals surface area (Å²) in [5.41, 5.74) is 2.30. The molecule has 1 atom stereocenters. The van der Waals surface area contributed by atoms with Gasteiger partial charge in [-0.1, -0.05) is 18.2 Å². The highest BCUT2D eigenvalue weighted by Gasteiger charge is 2.05. The Hall–Kier alpha value is -1.87. The fraction of sp³-hybridized carbons (Fsp3) is 0.267. The van der Waals surface area contributed by atoms with E-state index in [1.54, 1.807) is 7.11 Å². The maximum Gasteiger partial charge on any atom is 0.118 e. The average Bonchev–Trinajstić information content (AvgIpc) is 2.46. The van der Waals surface area contributed by atoms with E-state index in [9.17, 15) is 0 Å². The first kappa shape index (κ1) is 12.6. The molecule has 1 aromatic carbocycles. The van der Waals surface area contributed by atoms with Crippen LogP contribution in [-0.2, 0) is 6.54 Å². The van der Waals surface area contributed by atoms with E-state index in [1.807, 2.05) is 36.5 Å². The predicted octanol–water partition coefficient (Wildman–Crippen LogP) is 2.94. The highest BCUT2D eigenvalue weighted by atomic mass is 16.5. The molecule has 0 saturated heterocycles. The number of rotatable bonds is 5. The van der Waals surface area contributed by atoms with E-state index in [0.717, 1.165) is 18.0 Å². The lowest BCUT2D eigenvalue weighted by Crippen LogP contribution is -2.18. The van der Waals surface area contributed by atoms with Crippen LogP contribution in [0.2, 0.25) is 0 Å². The molecule has 1 heterocycles. The highest BCUT2D eigenvalue weighted by Crippen LogP contribution is 2.13. The van der Waals surface area contributed by atoms with Gasteiger partial charge in [0.15, 0.2) is 0 Å². The van der Waals surface area contributed by atoms with Gasteiger partial charge in [0.25, 0.3) is 0 Å². The van der Waals surface area contributed by atoms with Crippen LogP contribution in [0.4, 0.5) is 0 Å². The first-order valence-electron chi connectivity index (χ1n) is 6.07. The molecule has 2 aromatic rings. The Kier molecular flexibility index (Phi) is 4.31. The summed E-state index contributed by atoms with van der Waals surface area (Å²) in [5.74, 6) is 0.886. The zero-order valence-electron chi connectivity index (χ0n) is 10.8. The van der Waals surface area contributed by atoms with Crippen LogP contribution in [-0.4, -0.2) is 12.1 Å². The van der Waals surface area contributed by atoms with E-state index in [0.29, 0.717) is 0 Å². The lowest BCUT2D eigenvalue weighted by atomic mass is 10.1. The summed E-state index contributed by atoms with van der Waals surface area (Å²) >= 11 is 0. The number of benzene rings is 1. The monoisotopic (exact) mass is 242 g/mol. The third-order valence-corrected chi connectivity index (χ3v) is 2.90. The molecular weight excluding hydrogens is 224 g/mol. The van der Waals surface area contributed by atoms with Gasteiger partial charge in [-0.15, -0.1) is 0 Å². The van der Waals surface area contributed by atoms with Gasteiger partial charge in [-0.05, 0) is 36.8 Å². The number of nitrogens with zero attached hydrogens (tertiary/aromatic N) is 1. The van der Waals surface area contributed by atoms with Gasteiger partial charge in [-0.2, -0.15) is 0 Å². The highest BCUT2D eigenvalue weighted by molar-refractivity contribution is 5.27. The molecule has 0 aliphatic heterocycles. The summed E-state index contributed by atoms with van der Waals surface area (Å²) in [5, 5.41) is 3.45. The van der Waals surface area contributed by atoms with Gasteiger partial charge >= 0.3 is 0 Å². The number of aromatic nitrogens is 1. The van der Waals surface area contributed by atoms with E-state index in [-0.39, 0.29) is 6.04 Å². The smallest absolute Gasteiger partial charge is 0.118 e. The second kappa shape index (κ2) is 6.17. The van der Waals surface area contributed by atoms with Crippen LogP contribution < -0.4 is 10.1 Å². The molecule has 18 heavy (non-hydrogen) atoms. The molecule has 0 bridgehead atoms. The van der Waals surface area contributed by atoms with Crippen LogP contribution in [0.5, 0.6) is 5.75 Å². The van der Waals surface area contributed by atoms with Crippen LogP contribution in [0.3, 0.4) is 0 Å². The molecular formula is C15H18N2O. The van der Waals surface area contributed by atoms with Gasteiger partial charge in [0.05, 0.1) is 12.8 Å². The van der Waals surface area contributed by atoms with Crippen LogP contribution in [0.15, 0.2) is 48.7 Å². The van der Waals surface area contributed by atoms with Crippen molar-refractivity contribution in [2.24, 2.45) is 0 Å². The number of hydrogen-bond acceptors (Lipinski definition) is 3. The van der Waals surface area contributed by atoms with E-state index >= 15 is 0 Å². The molecule has 1 N–H and O–H groups in total. The Labute approximate surface area is 108 Å². The molecule has 0 unspecified atom stereocenters. The van der Waals surface area contributed by atoms with Crippen molar-refractivity contribution in [1.82, 2.24) is 10.3 Å². The number of methoxy groups -OCH3 is 1. The maximum atomic E-state index is 5.13. The molecule has 94 valence electrons. The lowest BCUT2D eigenvalue weighted by molar-refractivity contribution is 0.414. The predicted molar refractivity (Wildman–Crippen MR) is 72.5 cm³/mol. The molecule has 0 radical (unpaired) electrons. The van der Waals surface area contributed by atoms with Crippen molar-refractivity contribution in [2.45, 2.75) is 19.5 Å². The normalized spacial score (nSPS) is 12.1. The Morgan fingerprint density at radius 1 is 1.17 bits per heavy atom. The summed E-state index contributed by atoms with van der Waals surface area (Å²) in [6.07, 6.45) is 1.82. The van der Waals surface area contributed by atoms with Gasteiger partial charge in [-0.3, -0.25) is 4.98 Å². The third kappa shape index (κ3) is 3.31. The standard InChI is InChI=1S/C15H18N2O/c1-12(15-5-3-4-10-16-15)17-11-13-6-8-14(18-2)9-7-13/h3-10,12,17H,11H2,1-2H3/t12-/m0/s1. The first-order valence-corrected chi connectivity index (χ1v) is 6.07. The van der Waals surface area contributed by atoms with Gasteiger partial charge in [0, 0.05) is 18.8 Å². The Balaban J connectivity index is 1.91. The lowest BCUT2D eigenvalue weighted by Gasteiger charge is -2.13. The molecule has 2 rings (SSSR count). The minimum Gasteiger partial charge on any atom is -0.497 e. The topological polar surface area (TPSA) is 34.1 Å². The minimum atomic E-state index is 0.244. The number of nitrogens with one attached hydrogen (secondary N) is 1. The second-order valence-electron chi connectivity index (χ2n) is 4.21. The minimum absolute atomic E-state index is 0.244. The van der Waals surface area contributed by atoms with Crippen molar-refractivity contribution >= 4 is 0 Å². The first-order chi connectivity index (χ1) is 8.79. The quantitative estimate of drug-likeness (QED) is 0.875. The molecule has 0 spiro atoms. The van der Waals surface area contributed by atoms with Crippen molar-refractivity contribution in [3.8, 4) is 5.75 Å². The van der Waals surface area contributed by atoms with Crippen molar-refractivity contribution in [2.75, 3.05) is 7.11 Å². The fourth-order valence-electron chi connectivity index (χ4n) is 1.75. The Bertz CT molecular complexity index is 468. The van der Waals surface area contributed by atoms with Crippen LogP contribution in [0.25, 0.3) is 0 Å². The fourth-order valence-corrected chi connectivity index (χ4v) is 1.75. The largest absolute Gasteiger partial charge is 0.497 e. The molecule has 3 heteroatoms. The second-order valence-corrected chi connectivity index (χ2v) is 4.21. The van der Waals surface area contributed by atoms with E-state index < -0.39 is 0 Å². The van der Waals surface area contributed by atoms with Crippen molar-refractivity contribution in [3.05, 3.63) is 59.9 Å². The Morgan fingerprint density at radius 2 is 1.94 bits per heavy atom. The Morgan fingerprint density at radius 3 is 2.56 bits per heavy atom. The van der Waals surface area contributed by atoms with Gasteiger partial charge in [0.1, 0.15) is 5.75 Å². The van der Waals surface area contributed by atoms with Gasteiger partial charge in [0.2, 0.25) is 0 Å². The van der Waals surface area contributed by atoms with E-state index in [2.05, 4.69) is 29.4 Å². The van der Waals surface area contributed by atoms with Crippen LogP contribution >= 0.6 is 0 Å². The zero-order valence-corrected chi connectivity index (χ0v) is 10.8. The number of ether oxygens (including phenoxy) is 1. The molecule has 0 saturated carbocycles. The maximum absolute atomic E-state index is 5.13. The van der Waals surface area contributed by atoms with Crippen LogP contribution in [0, 0.1) is 0 Å². The third-order valence-electron chi connectivity index (χ3n) is 2.90. The number of pyridine rings is 1. The van der Waals surface area contributed by atoms with Gasteiger partial charge < -0.3 is 10.1 Å². The summed E-state index contributed by atoms with van der Waals surface area (Å²) in [6.45, 7) is 2.94. The van der Waals surface area contributed by atoms with Crippen molar-refractivity contribution in [3.63, 3.8) is 0 Å². The molecule has 1 aromatic heterocycles. The molecule has 0 amide bonds. The molecule has 0 aliphatic carbocycles. The van der Waals surface area contributed by atoms with Crippen molar-refractivity contribution in [1.29, 1.82) is 0 Å². The van der Waals surface area contributed by atoms with Crippen molar-refractivity contribution < 1.29 is 4.74 Å². The van der Waals surface area contributed by atoms with E-state index in [1.165, 1.54) is 5.56 Å². The molecule has 3 nitrogen and oxygen atoms in total. The van der Waals surface area contributed by atoms with E-state index in [4.69, 9.17) is 4.74 Å². The summed E-state index contributed by atoms with van der Waals surface area (Å²) in [4.78, 5) is 4.34. The number of hydrogen-bond donors (Lipinski definition) is 1. The average molecular weight is 242 g/mol. The molecule has 0 fully saturated rings. The van der Waals surface area contributed by atoms with Gasteiger partial charge in [-0.25, -0.2) is 0 Å². The summed E-state index contributed by atoms with van der Waals surface area (Å²) in [7, 11) is 1.68. The zero-order chi connectivity index (χ0) is 12.8.